The van der Waals surface area contributed by atoms with Crippen LogP contribution in [-0.2, 0) is 10.7 Å². The van der Waals surface area contributed by atoms with Gasteiger partial charge in [-0.15, -0.1) is 0 Å². The highest BCUT2D eigenvalue weighted by molar-refractivity contribution is 7.50. The van der Waals surface area contributed by atoms with Gasteiger partial charge in [-0.3, -0.25) is 4.57 Å². The van der Waals surface area contributed by atoms with Gasteiger partial charge in [0.2, 0.25) is 0 Å². The van der Waals surface area contributed by atoms with E-state index in [0.717, 1.165) is 5.39 Å². The Morgan fingerprint density at radius 1 is 1.22 bits per heavy atom. The number of fused-ring (bicyclic) bond motifs is 1. The van der Waals surface area contributed by atoms with Crippen LogP contribution in [0.5, 0.6) is 0 Å². The molecule has 18 heavy (non-hydrogen) atoms. The van der Waals surface area contributed by atoms with Gasteiger partial charge in [-0.1, -0.05) is 18.2 Å². The summed E-state index contributed by atoms with van der Waals surface area (Å²) >= 11 is 0. The summed E-state index contributed by atoms with van der Waals surface area (Å²) in [7, 11) is -4.13. The second-order valence-electron chi connectivity index (χ2n) is 3.88. The lowest BCUT2D eigenvalue weighted by Gasteiger charge is -2.05. The zero-order valence-corrected chi connectivity index (χ0v) is 10.0. The van der Waals surface area contributed by atoms with E-state index in [2.05, 4.69) is 4.98 Å². The zero-order chi connectivity index (χ0) is 13.3. The molecule has 2 rings (SSSR count). The summed E-state index contributed by atoms with van der Waals surface area (Å²) in [6.07, 6.45) is 1.05. The molecule has 1 heterocycles. The zero-order valence-electron chi connectivity index (χ0n) is 9.15. The monoisotopic (exact) mass is 267 g/mol. The van der Waals surface area contributed by atoms with Gasteiger partial charge in [0, 0.05) is 11.6 Å². The molecule has 0 aliphatic heterocycles. The number of hydrogen-bond acceptors (Lipinski definition) is 3. The lowest BCUT2D eigenvalue weighted by atomic mass is 10.1. The van der Waals surface area contributed by atoms with E-state index in [1.165, 1.54) is 12.3 Å². The van der Waals surface area contributed by atoms with E-state index in [9.17, 15) is 9.36 Å². The van der Waals surface area contributed by atoms with Crippen molar-refractivity contribution in [3.8, 4) is 0 Å². The van der Waals surface area contributed by atoms with Gasteiger partial charge in [0.15, 0.2) is 0 Å². The molecule has 0 fully saturated rings. The van der Waals surface area contributed by atoms with Crippen LogP contribution in [0.4, 0.5) is 0 Å². The summed E-state index contributed by atoms with van der Waals surface area (Å²) in [5.74, 6) is -1.14. The highest BCUT2D eigenvalue weighted by atomic mass is 31.2. The van der Waals surface area contributed by atoms with E-state index in [4.69, 9.17) is 14.9 Å². The third kappa shape index (κ3) is 2.92. The van der Waals surface area contributed by atoms with E-state index < -0.39 is 13.6 Å². The number of carboxylic acids is 1. The minimum Gasteiger partial charge on any atom is -0.477 e. The molecule has 0 atom stereocenters. The van der Waals surface area contributed by atoms with Crippen molar-refractivity contribution in [3.63, 3.8) is 0 Å². The molecule has 7 heteroatoms. The Morgan fingerprint density at radius 2 is 1.94 bits per heavy atom. The number of hydrogen-bond donors (Lipinski definition) is 3. The molecule has 0 bridgehead atoms. The van der Waals surface area contributed by atoms with Crippen molar-refractivity contribution >= 4 is 24.3 Å². The summed E-state index contributed by atoms with van der Waals surface area (Å²) in [5, 5.41) is 10.1. The van der Waals surface area contributed by atoms with Gasteiger partial charge in [-0.05, 0) is 17.0 Å². The molecule has 0 saturated heterocycles. The van der Waals surface area contributed by atoms with E-state index in [1.807, 2.05) is 0 Å². The molecule has 6 nitrogen and oxygen atoms in total. The molecule has 3 N–H and O–H groups in total. The Balaban J connectivity index is 2.48. The topological polar surface area (TPSA) is 108 Å². The smallest absolute Gasteiger partial charge is 0.354 e. The Hall–Kier alpha value is -1.75. The number of benzene rings is 1. The molecule has 0 aliphatic rings. The first-order valence-electron chi connectivity index (χ1n) is 5.02. The van der Waals surface area contributed by atoms with E-state index >= 15 is 0 Å². The Morgan fingerprint density at radius 3 is 2.56 bits per heavy atom. The first kappa shape index (κ1) is 12.7. The van der Waals surface area contributed by atoms with Crippen LogP contribution < -0.4 is 0 Å². The van der Waals surface area contributed by atoms with Gasteiger partial charge in [0.25, 0.3) is 0 Å². The molecule has 1 aromatic heterocycles. The summed E-state index contributed by atoms with van der Waals surface area (Å²) in [6.45, 7) is 0. The minimum absolute atomic E-state index is 0.101. The molecular weight excluding hydrogens is 257 g/mol. The average Bonchev–Trinajstić information content (AvgIpc) is 2.25. The van der Waals surface area contributed by atoms with Crippen molar-refractivity contribution < 1.29 is 24.3 Å². The molecule has 94 valence electrons. The number of rotatable bonds is 3. The minimum atomic E-state index is -4.13. The molecule has 0 radical (unpaired) electrons. The van der Waals surface area contributed by atoms with Crippen LogP contribution in [0.15, 0.2) is 30.5 Å². The maximum absolute atomic E-state index is 10.9. The van der Waals surface area contributed by atoms with Gasteiger partial charge in [-0.25, -0.2) is 9.78 Å². The molecule has 0 unspecified atom stereocenters. The van der Waals surface area contributed by atoms with Crippen molar-refractivity contribution in [2.24, 2.45) is 0 Å². The van der Waals surface area contributed by atoms with Crippen molar-refractivity contribution in [2.75, 3.05) is 0 Å². The van der Waals surface area contributed by atoms with Crippen molar-refractivity contribution in [2.45, 2.75) is 6.16 Å². The maximum atomic E-state index is 10.9. The largest absolute Gasteiger partial charge is 0.477 e. The van der Waals surface area contributed by atoms with Crippen LogP contribution in [0.3, 0.4) is 0 Å². The molecule has 0 spiro atoms. The van der Waals surface area contributed by atoms with Gasteiger partial charge in [-0.2, -0.15) is 0 Å². The SMILES string of the molecule is O=C(O)c1cc2cc(CP(=O)(O)O)ccc2cn1. The first-order valence-corrected chi connectivity index (χ1v) is 6.81. The molecule has 0 saturated carbocycles. The number of carboxylic acid groups (broad SMARTS) is 1. The summed E-state index contributed by atoms with van der Waals surface area (Å²) in [5.41, 5.74) is 0.356. The standard InChI is InChI=1S/C11H10NO5P/c13-11(14)10-4-9-3-7(6-18(15,16)17)1-2-8(9)5-12-10/h1-5H,6H2,(H,13,14)(H2,15,16,17). The van der Waals surface area contributed by atoms with E-state index in [-0.39, 0.29) is 11.9 Å². The van der Waals surface area contributed by atoms with Crippen molar-refractivity contribution in [1.82, 2.24) is 4.98 Å². The summed E-state index contributed by atoms with van der Waals surface area (Å²) < 4.78 is 10.9. The number of aromatic nitrogens is 1. The third-order valence-corrected chi connectivity index (χ3v) is 3.17. The van der Waals surface area contributed by atoms with Crippen LogP contribution in [0.2, 0.25) is 0 Å². The molecule has 0 aliphatic carbocycles. The highest BCUT2D eigenvalue weighted by Crippen LogP contribution is 2.39. The second kappa shape index (κ2) is 4.49. The quantitative estimate of drug-likeness (QED) is 0.729. The fourth-order valence-electron chi connectivity index (χ4n) is 1.64. The number of aromatic carboxylic acids is 1. The predicted molar refractivity (Wildman–Crippen MR) is 64.5 cm³/mol. The Labute approximate surface area is 102 Å². The summed E-state index contributed by atoms with van der Waals surface area (Å²) in [4.78, 5) is 32.3. The van der Waals surface area contributed by atoms with Crippen LogP contribution in [-0.4, -0.2) is 25.8 Å². The van der Waals surface area contributed by atoms with Crippen LogP contribution in [0.25, 0.3) is 10.8 Å². The summed E-state index contributed by atoms with van der Waals surface area (Å²) in [6, 6.07) is 6.17. The van der Waals surface area contributed by atoms with Gasteiger partial charge in [0.1, 0.15) is 5.69 Å². The molecule has 1 aromatic carbocycles. The van der Waals surface area contributed by atoms with Crippen LogP contribution >= 0.6 is 7.60 Å². The van der Waals surface area contributed by atoms with Crippen LogP contribution in [0.1, 0.15) is 16.1 Å². The predicted octanol–water partition coefficient (Wildman–Crippen LogP) is 1.61. The number of carbonyl (C=O) groups is 1. The normalized spacial score (nSPS) is 11.7. The Kier molecular flexibility index (Phi) is 3.17. The van der Waals surface area contributed by atoms with Gasteiger partial charge >= 0.3 is 13.6 Å². The average molecular weight is 267 g/mol. The van der Waals surface area contributed by atoms with Gasteiger partial charge in [0.05, 0.1) is 6.16 Å². The molecule has 0 amide bonds. The lowest BCUT2D eigenvalue weighted by Crippen LogP contribution is -1.99. The van der Waals surface area contributed by atoms with Crippen LogP contribution in [0, 0.1) is 0 Å². The maximum Gasteiger partial charge on any atom is 0.354 e. The molecule has 2 aromatic rings. The first-order chi connectivity index (χ1) is 8.35. The van der Waals surface area contributed by atoms with Crippen molar-refractivity contribution in [1.29, 1.82) is 0 Å². The molecular formula is C11H10NO5P. The highest BCUT2D eigenvalue weighted by Gasteiger charge is 2.14. The van der Waals surface area contributed by atoms with Crippen molar-refractivity contribution in [3.05, 3.63) is 41.7 Å². The van der Waals surface area contributed by atoms with E-state index in [0.29, 0.717) is 10.9 Å². The van der Waals surface area contributed by atoms with Gasteiger partial charge < -0.3 is 14.9 Å². The number of pyridine rings is 1. The third-order valence-electron chi connectivity index (χ3n) is 2.39. The fourth-order valence-corrected chi connectivity index (χ4v) is 2.32. The lowest BCUT2D eigenvalue weighted by molar-refractivity contribution is 0.0690. The fraction of sp³-hybridized carbons (Fsp3) is 0.0909. The Bertz CT molecular complexity index is 664. The van der Waals surface area contributed by atoms with E-state index in [1.54, 1.807) is 18.2 Å². The second-order valence-corrected chi connectivity index (χ2v) is 5.52. The number of nitrogens with zero attached hydrogens (tertiary/aromatic N) is 1.